The van der Waals surface area contributed by atoms with Gasteiger partial charge in [-0.25, -0.2) is 24.8 Å². The Morgan fingerprint density at radius 1 is 0.542 bits per heavy atom. The van der Waals surface area contributed by atoms with Crippen LogP contribution in [0.3, 0.4) is 0 Å². The Morgan fingerprint density at radius 2 is 0.958 bits per heavy atom. The smallest absolute Gasteiger partial charge is 0.128 e. The quantitative estimate of drug-likeness (QED) is 0.198. The number of hydrogen-bond donors (Lipinski definition) is 1. The van der Waals surface area contributed by atoms with E-state index in [1.165, 1.54) is 0 Å². The Morgan fingerprint density at radius 3 is 1.46 bits per heavy atom. The molecule has 0 amide bonds. The third-order valence-corrected chi connectivity index (χ3v) is 2.30. The zero-order chi connectivity index (χ0) is 17.0. The molecule has 17 heteroatoms. The molecule has 0 aliphatic heterocycles. The molecule has 0 radical (unpaired) electrons. The minimum atomic E-state index is -0.465. The van der Waals surface area contributed by atoms with Crippen molar-refractivity contribution >= 4 is 0 Å². The molecule has 142 valence electrons. The lowest BCUT2D eigenvalue weighted by molar-refractivity contribution is -0.863. The van der Waals surface area contributed by atoms with Gasteiger partial charge in [0, 0.05) is 12.8 Å². The van der Waals surface area contributed by atoms with Crippen molar-refractivity contribution in [2.45, 2.75) is 37.3 Å². The highest BCUT2D eigenvalue weighted by molar-refractivity contribution is 4.90. The van der Waals surface area contributed by atoms with Crippen molar-refractivity contribution < 1.29 is 85.1 Å². The predicted octanol–water partition coefficient (Wildman–Crippen LogP) is -0.468. The molecule has 2 aliphatic carbocycles. The Hall–Kier alpha value is -0.680. The molecule has 0 aromatic carbocycles. The molecule has 2 saturated carbocycles. The van der Waals surface area contributed by atoms with Crippen molar-refractivity contribution in [3.8, 4) is 0 Å². The van der Waals surface area contributed by atoms with E-state index < -0.39 is 6.10 Å². The van der Waals surface area contributed by atoms with Crippen LogP contribution in [0.2, 0.25) is 0 Å². The zero-order valence-corrected chi connectivity index (χ0v) is 11.7. The fourth-order valence-corrected chi connectivity index (χ4v) is 1.09. The number of rotatable bonds is 17. The van der Waals surface area contributed by atoms with Crippen molar-refractivity contribution in [1.29, 1.82) is 0 Å². The standard InChI is InChI=1S/C7H12O17/c1-9-15-17-19-21-23-24-22-20-18-16-13-7-3-5(7)11-10-4-2-6(4)12-14-8/h4-8H,2-3H2,1H3. The highest BCUT2D eigenvalue weighted by Crippen LogP contribution is 2.34. The molecule has 17 nitrogen and oxygen atoms in total. The Kier molecular flexibility index (Phi) is 9.66. The van der Waals surface area contributed by atoms with Crippen molar-refractivity contribution in [2.75, 3.05) is 7.11 Å². The molecule has 0 bridgehead atoms. The van der Waals surface area contributed by atoms with Gasteiger partial charge in [0.2, 0.25) is 0 Å². The van der Waals surface area contributed by atoms with Gasteiger partial charge in [-0.2, -0.15) is 4.89 Å². The molecule has 24 heavy (non-hydrogen) atoms. The van der Waals surface area contributed by atoms with Gasteiger partial charge in [0.25, 0.3) is 0 Å². The van der Waals surface area contributed by atoms with E-state index >= 15 is 0 Å². The second-order valence-corrected chi connectivity index (χ2v) is 3.93. The lowest BCUT2D eigenvalue weighted by Crippen LogP contribution is -2.10. The summed E-state index contributed by atoms with van der Waals surface area (Å²) in [5.41, 5.74) is 0. The highest BCUT2D eigenvalue weighted by Gasteiger charge is 2.47. The molecule has 1 N–H and O–H groups in total. The SMILES string of the molecule is COOOOOOOOOOOOC1CC1OOC1CC1OOO. The maximum Gasteiger partial charge on any atom is 0.128 e. The summed E-state index contributed by atoms with van der Waals surface area (Å²) in [6.07, 6.45) is -0.576. The fourth-order valence-electron chi connectivity index (χ4n) is 1.09. The molecule has 4 unspecified atom stereocenters. The minimum absolute atomic E-state index is 0.331. The van der Waals surface area contributed by atoms with E-state index in [0.717, 1.165) is 7.11 Å². The fraction of sp³-hybridized carbons (Fsp3) is 1.00. The van der Waals surface area contributed by atoms with Crippen LogP contribution in [0, 0.1) is 0 Å². The molecule has 2 rings (SSSR count). The van der Waals surface area contributed by atoms with Gasteiger partial charge in [0.1, 0.15) is 24.4 Å². The van der Waals surface area contributed by atoms with Crippen LogP contribution in [-0.2, 0) is 79.9 Å². The second kappa shape index (κ2) is 11.8. The third-order valence-electron chi connectivity index (χ3n) is 2.30. The van der Waals surface area contributed by atoms with Crippen LogP contribution in [0.15, 0.2) is 0 Å². The average Bonchev–Trinajstić information content (AvgIpc) is 3.48. The summed E-state index contributed by atoms with van der Waals surface area (Å²) in [5.74, 6) is 0. The molecule has 4 atom stereocenters. The highest BCUT2D eigenvalue weighted by atomic mass is 18.0. The Balaban J connectivity index is 1.27. The molecule has 0 spiro atoms. The van der Waals surface area contributed by atoms with Gasteiger partial charge in [0.15, 0.2) is 0 Å². The summed E-state index contributed by atoms with van der Waals surface area (Å²) in [6.45, 7) is 0. The van der Waals surface area contributed by atoms with Gasteiger partial charge < -0.3 is 0 Å². The molecule has 0 heterocycles. The third kappa shape index (κ3) is 8.43. The molecule has 0 aromatic heterocycles. The van der Waals surface area contributed by atoms with Gasteiger partial charge in [-0.1, -0.05) is 5.04 Å². The monoisotopic (exact) mass is 368 g/mol. The molecular formula is C7H12O17. The van der Waals surface area contributed by atoms with Gasteiger partial charge >= 0.3 is 0 Å². The first-order valence-corrected chi connectivity index (χ1v) is 6.00. The molecule has 0 saturated heterocycles. The van der Waals surface area contributed by atoms with E-state index in [9.17, 15) is 0 Å². The summed E-state index contributed by atoms with van der Waals surface area (Å²) in [6, 6.07) is 0. The van der Waals surface area contributed by atoms with E-state index in [0.29, 0.717) is 12.8 Å². The normalized spacial score (nSPS) is 28.2. The van der Waals surface area contributed by atoms with Gasteiger partial charge in [0.05, 0.1) is 7.11 Å². The Bertz CT molecular complexity index is 315. The van der Waals surface area contributed by atoms with E-state index in [-0.39, 0.29) is 18.3 Å². The van der Waals surface area contributed by atoms with Gasteiger partial charge in [-0.3, -0.25) is 0 Å². The Labute approximate surface area is 131 Å². The lowest BCUT2D eigenvalue weighted by atomic mass is 10.8. The summed E-state index contributed by atoms with van der Waals surface area (Å²) in [5, 5.41) is 48.9. The van der Waals surface area contributed by atoms with E-state index in [1.807, 2.05) is 0 Å². The first-order valence-electron chi connectivity index (χ1n) is 6.00. The minimum Gasteiger partial charge on any atom is -0.230 e. The zero-order valence-electron chi connectivity index (χ0n) is 11.7. The van der Waals surface area contributed by atoms with Crippen molar-refractivity contribution in [2.24, 2.45) is 0 Å². The second-order valence-electron chi connectivity index (χ2n) is 3.93. The maximum atomic E-state index is 8.02. The topological polar surface area (TPSA) is 168 Å². The van der Waals surface area contributed by atoms with E-state index in [1.54, 1.807) is 0 Å². The van der Waals surface area contributed by atoms with E-state index in [4.69, 9.17) is 15.0 Å². The molecule has 0 aromatic rings. The van der Waals surface area contributed by atoms with Crippen molar-refractivity contribution in [3.05, 3.63) is 0 Å². The van der Waals surface area contributed by atoms with Crippen LogP contribution in [0.5, 0.6) is 0 Å². The van der Waals surface area contributed by atoms with Crippen LogP contribution in [-0.4, -0.2) is 36.8 Å². The largest absolute Gasteiger partial charge is 0.230 e. The lowest BCUT2D eigenvalue weighted by Gasteiger charge is -2.02. The molecule has 2 fully saturated rings. The summed E-state index contributed by atoms with van der Waals surface area (Å²) in [4.78, 5) is 22.8. The molecular weight excluding hydrogens is 356 g/mol. The van der Waals surface area contributed by atoms with Crippen LogP contribution in [0.25, 0.3) is 0 Å². The summed E-state index contributed by atoms with van der Waals surface area (Å²) < 4.78 is 0. The number of hydrogen-bond acceptors (Lipinski definition) is 17. The van der Waals surface area contributed by atoms with E-state index in [2.05, 4.69) is 70.1 Å². The molecule has 2 aliphatic rings. The van der Waals surface area contributed by atoms with Gasteiger partial charge in [-0.15, -0.1) is 0 Å². The van der Waals surface area contributed by atoms with Crippen molar-refractivity contribution in [3.63, 3.8) is 0 Å². The first-order chi connectivity index (χ1) is 11.8. The van der Waals surface area contributed by atoms with Crippen LogP contribution >= 0.6 is 0 Å². The van der Waals surface area contributed by atoms with Crippen LogP contribution in [0.4, 0.5) is 0 Å². The summed E-state index contributed by atoms with van der Waals surface area (Å²) in [7, 11) is 1.13. The maximum absolute atomic E-state index is 8.02. The first kappa shape index (κ1) is 19.6. The summed E-state index contributed by atoms with van der Waals surface area (Å²) >= 11 is 0. The van der Waals surface area contributed by atoms with Gasteiger partial charge in [-0.05, 0) is 50.4 Å². The van der Waals surface area contributed by atoms with Crippen LogP contribution in [0.1, 0.15) is 12.8 Å². The average molecular weight is 368 g/mol. The predicted molar refractivity (Wildman–Crippen MR) is 50.3 cm³/mol. The van der Waals surface area contributed by atoms with Crippen molar-refractivity contribution in [1.82, 2.24) is 0 Å². The van der Waals surface area contributed by atoms with Crippen LogP contribution < -0.4 is 0 Å².